The number of amides is 1. The maximum atomic E-state index is 12.8. The van der Waals surface area contributed by atoms with Crippen LogP contribution < -0.4 is 5.32 Å². The molecule has 4 nitrogen and oxygen atoms in total. The van der Waals surface area contributed by atoms with E-state index >= 15 is 0 Å². The second kappa shape index (κ2) is 7.61. The van der Waals surface area contributed by atoms with Crippen LogP contribution in [-0.2, 0) is 14.6 Å². The van der Waals surface area contributed by atoms with Crippen molar-refractivity contribution in [2.75, 3.05) is 17.3 Å². The molecule has 2 aromatic carbocycles. The van der Waals surface area contributed by atoms with Crippen LogP contribution in [0.1, 0.15) is 6.42 Å². The largest absolute Gasteiger partial charge is 0.325 e. The van der Waals surface area contributed by atoms with Crippen LogP contribution in [0.5, 0.6) is 0 Å². The van der Waals surface area contributed by atoms with Crippen molar-refractivity contribution in [3.05, 3.63) is 54.3 Å². The van der Waals surface area contributed by atoms with Gasteiger partial charge in [0.2, 0.25) is 5.91 Å². The Labute approximate surface area is 139 Å². The van der Waals surface area contributed by atoms with E-state index in [9.17, 15) is 17.6 Å². The van der Waals surface area contributed by atoms with E-state index in [-0.39, 0.29) is 23.0 Å². The first kappa shape index (κ1) is 17.5. The number of rotatable bonds is 6. The fourth-order valence-electron chi connectivity index (χ4n) is 1.95. The number of anilines is 1. The van der Waals surface area contributed by atoms with Crippen LogP contribution in [0.25, 0.3) is 0 Å². The van der Waals surface area contributed by atoms with Crippen LogP contribution in [-0.4, -0.2) is 26.3 Å². The molecule has 0 radical (unpaired) electrons. The molecule has 0 atom stereocenters. The summed E-state index contributed by atoms with van der Waals surface area (Å²) in [6.07, 6.45) is 1.73. The highest BCUT2D eigenvalue weighted by Crippen LogP contribution is 2.24. The Kier molecular flexibility index (Phi) is 5.79. The third kappa shape index (κ3) is 4.80. The summed E-state index contributed by atoms with van der Waals surface area (Å²) in [7, 11) is -3.61. The van der Waals surface area contributed by atoms with E-state index in [1.54, 1.807) is 12.1 Å². The molecule has 1 N–H and O–H groups in total. The number of carbonyl (C=O) groups is 1. The van der Waals surface area contributed by atoms with Crippen molar-refractivity contribution in [1.29, 1.82) is 0 Å². The Morgan fingerprint density at radius 3 is 2.43 bits per heavy atom. The molecule has 23 heavy (non-hydrogen) atoms. The van der Waals surface area contributed by atoms with E-state index < -0.39 is 15.7 Å². The Hall–Kier alpha value is -1.86. The van der Waals surface area contributed by atoms with Gasteiger partial charge in [-0.1, -0.05) is 12.1 Å². The fraction of sp³-hybridized carbons (Fsp3) is 0.188. The van der Waals surface area contributed by atoms with Crippen molar-refractivity contribution in [3.63, 3.8) is 0 Å². The number of benzene rings is 2. The first-order chi connectivity index (χ1) is 10.9. The van der Waals surface area contributed by atoms with Gasteiger partial charge in [0.05, 0.1) is 16.3 Å². The first-order valence-electron chi connectivity index (χ1n) is 6.83. The zero-order valence-corrected chi connectivity index (χ0v) is 14.1. The number of nitrogens with one attached hydrogen (secondary N) is 1. The van der Waals surface area contributed by atoms with Crippen LogP contribution in [0.15, 0.2) is 58.3 Å². The van der Waals surface area contributed by atoms with Gasteiger partial charge in [0, 0.05) is 11.3 Å². The van der Waals surface area contributed by atoms with Gasteiger partial charge in [0.1, 0.15) is 5.82 Å². The lowest BCUT2D eigenvalue weighted by atomic mass is 10.3. The molecule has 0 fully saturated rings. The molecular formula is C16H16FNO3S2. The van der Waals surface area contributed by atoms with E-state index in [2.05, 4.69) is 5.32 Å². The molecule has 0 bridgehead atoms. The van der Waals surface area contributed by atoms with Crippen LogP contribution in [0.3, 0.4) is 0 Å². The van der Waals surface area contributed by atoms with Gasteiger partial charge >= 0.3 is 0 Å². The second-order valence-electron chi connectivity index (χ2n) is 4.77. The van der Waals surface area contributed by atoms with E-state index in [1.165, 1.54) is 23.9 Å². The fourth-order valence-corrected chi connectivity index (χ4v) is 3.74. The van der Waals surface area contributed by atoms with Crippen molar-refractivity contribution < 1.29 is 17.6 Å². The van der Waals surface area contributed by atoms with Crippen molar-refractivity contribution >= 4 is 33.2 Å². The minimum Gasteiger partial charge on any atom is -0.325 e. The van der Waals surface area contributed by atoms with Crippen LogP contribution >= 0.6 is 11.8 Å². The number of thioether (sulfide) groups is 1. The molecule has 0 unspecified atom stereocenters. The normalized spacial score (nSPS) is 11.2. The van der Waals surface area contributed by atoms with Crippen molar-refractivity contribution in [3.8, 4) is 0 Å². The van der Waals surface area contributed by atoms with Gasteiger partial charge in [0.25, 0.3) is 0 Å². The first-order valence-corrected chi connectivity index (χ1v) is 9.71. The molecular weight excluding hydrogens is 337 g/mol. The summed E-state index contributed by atoms with van der Waals surface area (Å²) in [6, 6.07) is 11.9. The highest BCUT2D eigenvalue weighted by molar-refractivity contribution is 7.98. The number of halogens is 1. The molecule has 2 rings (SSSR count). The summed E-state index contributed by atoms with van der Waals surface area (Å²) in [5.41, 5.74) is 0.657. The Bertz CT molecular complexity index is 789. The van der Waals surface area contributed by atoms with Gasteiger partial charge in [-0.3, -0.25) is 4.79 Å². The average Bonchev–Trinajstić information content (AvgIpc) is 2.54. The van der Waals surface area contributed by atoms with E-state index in [1.807, 2.05) is 18.4 Å². The van der Waals surface area contributed by atoms with Gasteiger partial charge in [0.15, 0.2) is 9.84 Å². The summed E-state index contributed by atoms with van der Waals surface area (Å²) in [5.74, 6) is -1.21. The molecule has 0 saturated carbocycles. The Balaban J connectivity index is 2.00. The summed E-state index contributed by atoms with van der Waals surface area (Å²) >= 11 is 1.49. The maximum absolute atomic E-state index is 12.8. The molecule has 122 valence electrons. The number of carbonyl (C=O) groups excluding carboxylic acids is 1. The standard InChI is InChI=1S/C16H16FNO3S2/c1-22-15-5-3-2-4-14(15)18-16(19)10-11-23(20,21)13-8-6-12(17)7-9-13/h2-9H,10-11H2,1H3,(H,18,19). The van der Waals surface area contributed by atoms with E-state index in [0.29, 0.717) is 5.69 Å². The molecule has 0 aliphatic carbocycles. The minimum absolute atomic E-state index is 0.0104. The third-order valence-electron chi connectivity index (χ3n) is 3.15. The molecule has 2 aromatic rings. The summed E-state index contributed by atoms with van der Waals surface area (Å²) in [4.78, 5) is 12.9. The molecule has 0 heterocycles. The molecule has 0 spiro atoms. The zero-order chi connectivity index (χ0) is 16.9. The van der Waals surface area contributed by atoms with Gasteiger partial charge in [-0.2, -0.15) is 0 Å². The third-order valence-corrected chi connectivity index (χ3v) is 5.68. The molecule has 0 aliphatic rings. The van der Waals surface area contributed by atoms with Gasteiger partial charge in [-0.15, -0.1) is 11.8 Å². The lowest BCUT2D eigenvalue weighted by Crippen LogP contribution is -2.17. The highest BCUT2D eigenvalue weighted by atomic mass is 32.2. The minimum atomic E-state index is -3.61. The lowest BCUT2D eigenvalue weighted by molar-refractivity contribution is -0.115. The summed E-state index contributed by atoms with van der Waals surface area (Å²) in [6.45, 7) is 0. The molecule has 7 heteroatoms. The molecule has 0 saturated heterocycles. The number of sulfone groups is 1. The number of hydrogen-bond acceptors (Lipinski definition) is 4. The van der Waals surface area contributed by atoms with Crippen LogP contribution in [0.4, 0.5) is 10.1 Å². The van der Waals surface area contributed by atoms with Gasteiger partial charge in [-0.05, 0) is 42.7 Å². The maximum Gasteiger partial charge on any atom is 0.225 e. The SMILES string of the molecule is CSc1ccccc1NC(=O)CCS(=O)(=O)c1ccc(F)cc1. The van der Waals surface area contributed by atoms with Crippen molar-refractivity contribution in [2.24, 2.45) is 0 Å². The van der Waals surface area contributed by atoms with Gasteiger partial charge < -0.3 is 5.32 Å². The molecule has 0 aliphatic heterocycles. The highest BCUT2D eigenvalue weighted by Gasteiger charge is 2.17. The van der Waals surface area contributed by atoms with E-state index in [0.717, 1.165) is 17.0 Å². The predicted molar refractivity (Wildman–Crippen MR) is 89.9 cm³/mol. The smallest absolute Gasteiger partial charge is 0.225 e. The summed E-state index contributed by atoms with van der Waals surface area (Å²) in [5, 5.41) is 2.71. The Morgan fingerprint density at radius 2 is 1.78 bits per heavy atom. The lowest BCUT2D eigenvalue weighted by Gasteiger charge is -2.09. The zero-order valence-electron chi connectivity index (χ0n) is 12.5. The average molecular weight is 353 g/mol. The van der Waals surface area contributed by atoms with Crippen LogP contribution in [0.2, 0.25) is 0 Å². The van der Waals surface area contributed by atoms with Crippen LogP contribution in [0, 0.1) is 5.82 Å². The predicted octanol–water partition coefficient (Wildman–Crippen LogP) is 3.35. The van der Waals surface area contributed by atoms with Crippen molar-refractivity contribution in [1.82, 2.24) is 0 Å². The Morgan fingerprint density at radius 1 is 1.13 bits per heavy atom. The summed E-state index contributed by atoms with van der Waals surface area (Å²) < 4.78 is 37.1. The number of para-hydroxylation sites is 1. The van der Waals surface area contributed by atoms with Gasteiger partial charge in [-0.25, -0.2) is 12.8 Å². The molecule has 0 aromatic heterocycles. The number of hydrogen-bond donors (Lipinski definition) is 1. The van der Waals surface area contributed by atoms with Crippen molar-refractivity contribution in [2.45, 2.75) is 16.2 Å². The van der Waals surface area contributed by atoms with E-state index in [4.69, 9.17) is 0 Å². The monoisotopic (exact) mass is 353 g/mol. The second-order valence-corrected chi connectivity index (χ2v) is 7.73. The quantitative estimate of drug-likeness (QED) is 0.639. The topological polar surface area (TPSA) is 63.2 Å². The molecule has 1 amide bonds.